The first-order valence-electron chi connectivity index (χ1n) is 4.46. The molecule has 0 aromatic heterocycles. The van der Waals surface area contributed by atoms with Crippen LogP contribution in [0.25, 0.3) is 0 Å². The second kappa shape index (κ2) is 4.17. The lowest BCUT2D eigenvalue weighted by Gasteiger charge is -2.35. The monoisotopic (exact) mass is 187 g/mol. The van der Waals surface area contributed by atoms with Gasteiger partial charge < -0.3 is 4.90 Å². The highest BCUT2D eigenvalue weighted by Gasteiger charge is 2.27. The van der Waals surface area contributed by atoms with Crippen LogP contribution in [-0.2, 0) is 4.79 Å². The third kappa shape index (κ3) is 1.94. The molecule has 0 aromatic carbocycles. The van der Waals surface area contributed by atoms with Crippen LogP contribution < -0.4 is 0 Å². The van der Waals surface area contributed by atoms with Crippen molar-refractivity contribution in [2.75, 3.05) is 13.3 Å². The Hall–Kier alpha value is -0.180. The summed E-state index contributed by atoms with van der Waals surface area (Å²) in [6.07, 6.45) is 5.67. The van der Waals surface area contributed by atoms with Crippen molar-refractivity contribution in [1.29, 1.82) is 0 Å². The first-order valence-corrected chi connectivity index (χ1v) is 5.75. The van der Waals surface area contributed by atoms with E-state index in [1.807, 2.05) is 25.1 Å². The summed E-state index contributed by atoms with van der Waals surface area (Å²) < 4.78 is 0. The van der Waals surface area contributed by atoms with Gasteiger partial charge in [0.2, 0.25) is 5.91 Å². The van der Waals surface area contributed by atoms with Gasteiger partial charge in [-0.05, 0) is 32.4 Å². The molecule has 0 aliphatic heterocycles. The number of thioether (sulfide) groups is 1. The number of hydrogen-bond donors (Lipinski definition) is 0. The molecule has 0 aromatic rings. The quantitative estimate of drug-likeness (QED) is 0.671. The summed E-state index contributed by atoms with van der Waals surface area (Å²) >= 11 is 1.62. The van der Waals surface area contributed by atoms with Crippen LogP contribution in [0.15, 0.2) is 0 Å². The number of rotatable bonds is 3. The van der Waals surface area contributed by atoms with Gasteiger partial charge in [0.05, 0.1) is 5.25 Å². The fourth-order valence-corrected chi connectivity index (χ4v) is 1.71. The summed E-state index contributed by atoms with van der Waals surface area (Å²) in [4.78, 5) is 13.5. The van der Waals surface area contributed by atoms with E-state index in [1.165, 1.54) is 19.3 Å². The Morgan fingerprint density at radius 2 is 2.17 bits per heavy atom. The highest BCUT2D eigenvalue weighted by atomic mass is 32.2. The number of carbonyl (C=O) groups is 1. The fourth-order valence-electron chi connectivity index (χ4n) is 1.34. The average molecular weight is 187 g/mol. The molecule has 0 saturated heterocycles. The van der Waals surface area contributed by atoms with E-state index in [0.717, 1.165) is 0 Å². The van der Waals surface area contributed by atoms with Crippen molar-refractivity contribution in [2.45, 2.75) is 37.5 Å². The Balaban J connectivity index is 2.39. The first-order chi connectivity index (χ1) is 5.66. The zero-order valence-corrected chi connectivity index (χ0v) is 8.86. The zero-order valence-electron chi connectivity index (χ0n) is 8.04. The fraction of sp³-hybridized carbons (Fsp3) is 0.889. The van der Waals surface area contributed by atoms with Crippen molar-refractivity contribution in [3.63, 3.8) is 0 Å². The lowest BCUT2D eigenvalue weighted by molar-refractivity contribution is -0.132. The van der Waals surface area contributed by atoms with Gasteiger partial charge in [0, 0.05) is 13.1 Å². The molecule has 1 aliphatic carbocycles. The van der Waals surface area contributed by atoms with Gasteiger partial charge in [0.25, 0.3) is 0 Å². The van der Waals surface area contributed by atoms with E-state index in [0.29, 0.717) is 6.04 Å². The van der Waals surface area contributed by atoms with Crippen molar-refractivity contribution in [2.24, 2.45) is 0 Å². The molecule has 0 spiro atoms. The van der Waals surface area contributed by atoms with Gasteiger partial charge >= 0.3 is 0 Å². The largest absolute Gasteiger partial charge is 0.342 e. The summed E-state index contributed by atoms with van der Waals surface area (Å²) in [5.74, 6) is 0.284. The summed E-state index contributed by atoms with van der Waals surface area (Å²) in [7, 11) is 1.93. The minimum absolute atomic E-state index is 0.121. The molecule has 1 atom stereocenters. The second-order valence-corrected chi connectivity index (χ2v) is 4.59. The van der Waals surface area contributed by atoms with Crippen LogP contribution in [0.5, 0.6) is 0 Å². The Morgan fingerprint density at radius 1 is 1.58 bits per heavy atom. The summed E-state index contributed by atoms with van der Waals surface area (Å²) in [5.41, 5.74) is 0. The van der Waals surface area contributed by atoms with Crippen molar-refractivity contribution < 1.29 is 4.79 Å². The number of nitrogens with zero attached hydrogens (tertiary/aromatic N) is 1. The molecule has 0 heterocycles. The van der Waals surface area contributed by atoms with Crippen LogP contribution in [0.2, 0.25) is 0 Å². The summed E-state index contributed by atoms with van der Waals surface area (Å²) in [6.45, 7) is 1.97. The van der Waals surface area contributed by atoms with E-state index in [4.69, 9.17) is 0 Å². The molecule has 12 heavy (non-hydrogen) atoms. The normalized spacial score (nSPS) is 19.9. The maximum absolute atomic E-state index is 11.6. The maximum Gasteiger partial charge on any atom is 0.235 e. The Morgan fingerprint density at radius 3 is 2.50 bits per heavy atom. The van der Waals surface area contributed by atoms with E-state index in [1.54, 1.807) is 11.8 Å². The molecular weight excluding hydrogens is 170 g/mol. The first kappa shape index (κ1) is 9.90. The molecule has 0 bridgehead atoms. The summed E-state index contributed by atoms with van der Waals surface area (Å²) in [6, 6.07) is 0.534. The lowest BCUT2D eigenvalue weighted by atomic mass is 9.92. The minimum Gasteiger partial charge on any atom is -0.342 e. The van der Waals surface area contributed by atoms with Crippen LogP contribution in [0.4, 0.5) is 0 Å². The third-order valence-electron chi connectivity index (χ3n) is 2.67. The van der Waals surface area contributed by atoms with E-state index < -0.39 is 0 Å². The number of hydrogen-bond acceptors (Lipinski definition) is 2. The van der Waals surface area contributed by atoms with Crippen LogP contribution in [0.1, 0.15) is 26.2 Å². The Bertz CT molecular complexity index is 168. The van der Waals surface area contributed by atoms with Gasteiger partial charge in [0.1, 0.15) is 0 Å². The van der Waals surface area contributed by atoms with Crippen molar-refractivity contribution in [3.05, 3.63) is 0 Å². The van der Waals surface area contributed by atoms with Crippen LogP contribution in [0, 0.1) is 0 Å². The highest BCUT2D eigenvalue weighted by molar-refractivity contribution is 7.99. The van der Waals surface area contributed by atoms with Gasteiger partial charge in [-0.25, -0.2) is 0 Å². The van der Waals surface area contributed by atoms with E-state index in [2.05, 4.69) is 0 Å². The van der Waals surface area contributed by atoms with Gasteiger partial charge in [-0.15, -0.1) is 0 Å². The maximum atomic E-state index is 11.6. The van der Waals surface area contributed by atoms with Gasteiger partial charge in [0.15, 0.2) is 0 Å². The van der Waals surface area contributed by atoms with Gasteiger partial charge in [-0.3, -0.25) is 4.79 Å². The smallest absolute Gasteiger partial charge is 0.235 e. The van der Waals surface area contributed by atoms with Crippen LogP contribution >= 0.6 is 11.8 Å². The molecule has 1 aliphatic rings. The number of carbonyl (C=O) groups excluding carboxylic acids is 1. The molecule has 1 amide bonds. The van der Waals surface area contributed by atoms with Crippen molar-refractivity contribution >= 4 is 17.7 Å². The molecule has 0 unspecified atom stereocenters. The Kier molecular flexibility index (Phi) is 3.44. The van der Waals surface area contributed by atoms with Crippen molar-refractivity contribution in [1.82, 2.24) is 4.90 Å². The van der Waals surface area contributed by atoms with E-state index in [9.17, 15) is 4.79 Å². The Labute approximate surface area is 78.7 Å². The molecule has 2 nitrogen and oxygen atoms in total. The SMILES string of the molecule is CS[C@H](C)C(=O)N(C)C1CCC1. The predicted molar refractivity (Wildman–Crippen MR) is 53.4 cm³/mol. The molecule has 1 fully saturated rings. The number of amides is 1. The van der Waals surface area contributed by atoms with Gasteiger partial charge in [-0.1, -0.05) is 0 Å². The lowest BCUT2D eigenvalue weighted by Crippen LogP contribution is -2.44. The zero-order chi connectivity index (χ0) is 9.14. The highest BCUT2D eigenvalue weighted by Crippen LogP contribution is 2.25. The average Bonchev–Trinajstić information content (AvgIpc) is 1.98. The van der Waals surface area contributed by atoms with Gasteiger partial charge in [-0.2, -0.15) is 11.8 Å². The van der Waals surface area contributed by atoms with Crippen molar-refractivity contribution in [3.8, 4) is 0 Å². The molecule has 1 saturated carbocycles. The molecule has 1 rings (SSSR count). The third-order valence-corrected chi connectivity index (χ3v) is 3.58. The second-order valence-electron chi connectivity index (χ2n) is 3.41. The molecule has 0 radical (unpaired) electrons. The minimum atomic E-state index is 0.121. The molecule has 3 heteroatoms. The van der Waals surface area contributed by atoms with E-state index in [-0.39, 0.29) is 11.2 Å². The standard InChI is InChI=1S/C9H17NOS/c1-7(12-3)9(11)10(2)8-5-4-6-8/h7-8H,4-6H2,1-3H3/t7-/m1/s1. The molecule has 0 N–H and O–H groups in total. The molecular formula is C9H17NOS. The topological polar surface area (TPSA) is 20.3 Å². The van der Waals surface area contributed by atoms with Crippen LogP contribution in [0.3, 0.4) is 0 Å². The molecule has 70 valence electrons. The van der Waals surface area contributed by atoms with E-state index >= 15 is 0 Å². The van der Waals surface area contributed by atoms with Crippen LogP contribution in [-0.4, -0.2) is 35.4 Å². The predicted octanol–water partition coefficient (Wildman–Crippen LogP) is 1.75. The summed E-state index contributed by atoms with van der Waals surface area (Å²) in [5, 5.41) is 0.121.